The zero-order valence-corrected chi connectivity index (χ0v) is 13.5. The van der Waals surface area contributed by atoms with Crippen molar-refractivity contribution in [2.45, 2.75) is 38.0 Å². The van der Waals surface area contributed by atoms with E-state index in [0.717, 1.165) is 24.6 Å². The van der Waals surface area contributed by atoms with Gasteiger partial charge in [-0.25, -0.2) is 0 Å². The van der Waals surface area contributed by atoms with Crippen molar-refractivity contribution >= 4 is 11.8 Å². The van der Waals surface area contributed by atoms with Crippen LogP contribution in [-0.2, 0) is 6.54 Å². The van der Waals surface area contributed by atoms with E-state index in [0.29, 0.717) is 11.4 Å². The van der Waals surface area contributed by atoms with Crippen LogP contribution in [0.4, 0.5) is 0 Å². The lowest BCUT2D eigenvalue weighted by atomic mass is 10.1. The molecule has 1 atom stereocenters. The third-order valence-electron chi connectivity index (χ3n) is 3.66. The minimum Gasteiger partial charge on any atom is -0.493 e. The number of hydrogen-bond acceptors (Lipinski definition) is 4. The second-order valence-electron chi connectivity index (χ2n) is 5.42. The molecule has 1 unspecified atom stereocenters. The van der Waals surface area contributed by atoms with Crippen LogP contribution < -0.4 is 14.8 Å². The fourth-order valence-corrected chi connectivity index (χ4v) is 3.82. The van der Waals surface area contributed by atoms with Gasteiger partial charge in [0.2, 0.25) is 0 Å². The van der Waals surface area contributed by atoms with Gasteiger partial charge in [-0.1, -0.05) is 6.07 Å². The molecular weight excluding hydrogens is 270 g/mol. The van der Waals surface area contributed by atoms with Crippen LogP contribution in [0.1, 0.15) is 32.3 Å². The summed E-state index contributed by atoms with van der Waals surface area (Å²) in [4.78, 5) is 0. The van der Waals surface area contributed by atoms with Crippen LogP contribution in [0.2, 0.25) is 0 Å². The summed E-state index contributed by atoms with van der Waals surface area (Å²) in [6, 6.07) is 6.15. The van der Waals surface area contributed by atoms with E-state index in [1.165, 1.54) is 24.2 Å². The summed E-state index contributed by atoms with van der Waals surface area (Å²) in [6.45, 7) is 6.93. The van der Waals surface area contributed by atoms with Gasteiger partial charge in [-0.15, -0.1) is 0 Å². The van der Waals surface area contributed by atoms with E-state index in [1.54, 1.807) is 7.11 Å². The Labute approximate surface area is 126 Å². The number of hydrogen-bond donors (Lipinski definition) is 1. The molecule has 112 valence electrons. The fraction of sp³-hybridized carbons (Fsp3) is 0.625. The first-order valence-corrected chi connectivity index (χ1v) is 8.30. The Morgan fingerprint density at radius 1 is 1.35 bits per heavy atom. The molecule has 1 aliphatic heterocycles. The van der Waals surface area contributed by atoms with E-state index >= 15 is 0 Å². The van der Waals surface area contributed by atoms with Crippen molar-refractivity contribution in [3.8, 4) is 11.5 Å². The maximum absolute atomic E-state index is 5.54. The van der Waals surface area contributed by atoms with Gasteiger partial charge in [0.1, 0.15) is 0 Å². The summed E-state index contributed by atoms with van der Waals surface area (Å²) in [7, 11) is 1.69. The summed E-state index contributed by atoms with van der Waals surface area (Å²) >= 11 is 2.09. The Hall–Kier alpha value is -0.870. The van der Waals surface area contributed by atoms with Gasteiger partial charge in [-0.3, -0.25) is 0 Å². The number of methoxy groups -OCH3 is 1. The van der Waals surface area contributed by atoms with E-state index in [-0.39, 0.29) is 0 Å². The average Bonchev–Trinajstić information content (AvgIpc) is 2.87. The van der Waals surface area contributed by atoms with E-state index < -0.39 is 0 Å². The lowest BCUT2D eigenvalue weighted by molar-refractivity contribution is 0.310. The summed E-state index contributed by atoms with van der Waals surface area (Å²) in [5.74, 6) is 2.93. The second kappa shape index (κ2) is 7.23. The number of thioether (sulfide) groups is 1. The number of rotatable bonds is 7. The molecule has 0 aliphatic carbocycles. The molecule has 4 heteroatoms. The number of nitrogens with one attached hydrogen (secondary N) is 1. The highest BCUT2D eigenvalue weighted by atomic mass is 32.2. The molecule has 1 aliphatic rings. The molecule has 0 aromatic heterocycles. The summed E-state index contributed by atoms with van der Waals surface area (Å²) in [5, 5.41) is 3.57. The third kappa shape index (κ3) is 4.06. The van der Waals surface area contributed by atoms with Crippen LogP contribution in [-0.4, -0.2) is 30.8 Å². The topological polar surface area (TPSA) is 30.5 Å². The molecule has 1 saturated heterocycles. The highest BCUT2D eigenvalue weighted by molar-refractivity contribution is 8.00. The van der Waals surface area contributed by atoms with Crippen molar-refractivity contribution in [1.82, 2.24) is 5.32 Å². The molecule has 1 N–H and O–H groups in total. The molecule has 0 radical (unpaired) electrons. The van der Waals surface area contributed by atoms with Crippen LogP contribution >= 0.6 is 11.8 Å². The Morgan fingerprint density at radius 2 is 2.20 bits per heavy atom. The molecule has 0 bridgehead atoms. The summed E-state index contributed by atoms with van der Waals surface area (Å²) < 4.78 is 11.3. The fourth-order valence-electron chi connectivity index (χ4n) is 2.54. The number of ether oxygens (including phenoxy) is 2. The van der Waals surface area contributed by atoms with Gasteiger partial charge in [0.05, 0.1) is 13.7 Å². The first-order valence-electron chi connectivity index (χ1n) is 7.31. The molecule has 3 nitrogen and oxygen atoms in total. The molecule has 0 amide bonds. The summed E-state index contributed by atoms with van der Waals surface area (Å²) in [5.41, 5.74) is 1.23. The van der Waals surface area contributed by atoms with Gasteiger partial charge in [0.25, 0.3) is 0 Å². The van der Waals surface area contributed by atoms with Crippen LogP contribution in [0, 0.1) is 0 Å². The van der Waals surface area contributed by atoms with E-state index in [1.807, 2.05) is 13.0 Å². The van der Waals surface area contributed by atoms with Crippen LogP contribution in [0.3, 0.4) is 0 Å². The Kier molecular flexibility index (Phi) is 5.61. The Balaban J connectivity index is 1.89. The van der Waals surface area contributed by atoms with E-state index in [9.17, 15) is 0 Å². The molecule has 1 fully saturated rings. The minimum atomic E-state index is 0.412. The van der Waals surface area contributed by atoms with Gasteiger partial charge in [0.15, 0.2) is 11.5 Å². The molecule has 0 saturated carbocycles. The van der Waals surface area contributed by atoms with Gasteiger partial charge >= 0.3 is 0 Å². The van der Waals surface area contributed by atoms with Crippen molar-refractivity contribution < 1.29 is 9.47 Å². The average molecular weight is 295 g/mol. The van der Waals surface area contributed by atoms with E-state index in [4.69, 9.17) is 9.47 Å². The smallest absolute Gasteiger partial charge is 0.161 e. The SMILES string of the molecule is CCOc1ccc(CNCC2(C)CCCS2)cc1OC. The van der Waals surface area contributed by atoms with Gasteiger partial charge in [-0.2, -0.15) is 11.8 Å². The maximum atomic E-state index is 5.54. The Bertz CT molecular complexity index is 430. The highest BCUT2D eigenvalue weighted by Crippen LogP contribution is 2.37. The molecular formula is C16H25NO2S. The monoisotopic (exact) mass is 295 g/mol. The number of benzene rings is 1. The first-order chi connectivity index (χ1) is 9.67. The van der Waals surface area contributed by atoms with Gasteiger partial charge in [0, 0.05) is 17.8 Å². The van der Waals surface area contributed by atoms with Gasteiger partial charge < -0.3 is 14.8 Å². The van der Waals surface area contributed by atoms with E-state index in [2.05, 4.69) is 36.1 Å². The van der Waals surface area contributed by atoms with Gasteiger partial charge in [-0.05, 0) is 50.1 Å². The zero-order chi connectivity index (χ0) is 14.4. The van der Waals surface area contributed by atoms with Crippen LogP contribution in [0.25, 0.3) is 0 Å². The molecule has 1 aromatic rings. The maximum Gasteiger partial charge on any atom is 0.161 e. The quantitative estimate of drug-likeness (QED) is 0.834. The molecule has 1 aromatic carbocycles. The standard InChI is InChI=1S/C16H25NO2S/c1-4-19-14-7-6-13(10-15(14)18-3)11-17-12-16(2)8-5-9-20-16/h6-7,10,17H,4-5,8-9,11-12H2,1-3H3. The third-order valence-corrected chi connectivity index (χ3v) is 5.19. The predicted octanol–water partition coefficient (Wildman–Crippen LogP) is 3.47. The van der Waals surface area contributed by atoms with Crippen LogP contribution in [0.15, 0.2) is 18.2 Å². The molecule has 2 rings (SSSR count). The lowest BCUT2D eigenvalue weighted by Gasteiger charge is -2.23. The van der Waals surface area contributed by atoms with Crippen molar-refractivity contribution in [2.24, 2.45) is 0 Å². The second-order valence-corrected chi connectivity index (χ2v) is 7.11. The minimum absolute atomic E-state index is 0.412. The first kappa shape index (κ1) is 15.5. The van der Waals surface area contributed by atoms with Crippen molar-refractivity contribution in [3.63, 3.8) is 0 Å². The Morgan fingerprint density at radius 3 is 2.85 bits per heavy atom. The van der Waals surface area contributed by atoms with Crippen molar-refractivity contribution in [2.75, 3.05) is 26.0 Å². The zero-order valence-electron chi connectivity index (χ0n) is 12.7. The van der Waals surface area contributed by atoms with Crippen LogP contribution in [0.5, 0.6) is 11.5 Å². The predicted molar refractivity (Wildman–Crippen MR) is 86.0 cm³/mol. The molecule has 20 heavy (non-hydrogen) atoms. The normalized spacial score (nSPS) is 21.9. The lowest BCUT2D eigenvalue weighted by Crippen LogP contribution is -2.32. The molecule has 0 spiro atoms. The molecule has 1 heterocycles. The highest BCUT2D eigenvalue weighted by Gasteiger charge is 2.28. The summed E-state index contributed by atoms with van der Waals surface area (Å²) in [6.07, 6.45) is 2.66. The van der Waals surface area contributed by atoms with Crippen molar-refractivity contribution in [3.05, 3.63) is 23.8 Å². The largest absolute Gasteiger partial charge is 0.493 e. The van der Waals surface area contributed by atoms with Crippen molar-refractivity contribution in [1.29, 1.82) is 0 Å².